The van der Waals surface area contributed by atoms with E-state index in [1.165, 1.54) is 172 Å². The first-order valence-corrected chi connectivity index (χ1v) is 17.0. The first-order valence-electron chi connectivity index (χ1n) is 17.0. The van der Waals surface area contributed by atoms with Crippen molar-refractivity contribution in [1.29, 1.82) is 0 Å². The molecular formula is C36H63N2+. The molecule has 38 heavy (non-hydrogen) atoms. The van der Waals surface area contributed by atoms with Crippen molar-refractivity contribution < 1.29 is 4.57 Å². The summed E-state index contributed by atoms with van der Waals surface area (Å²) in [7, 11) is 0. The standard InChI is InChI=1S/C36H63N2/c1-3-5-7-9-11-13-15-16-18-20-22-27-31-36-37(33-34-38(36)35-29-25-24-26-30-35)32-28-23-21-19-17-14-12-10-8-6-4-2/h24-26,29-30,33-34H,3-23,27-28,31-32H2,1-2H3/q+1. The van der Waals surface area contributed by atoms with Gasteiger partial charge in [0.25, 0.3) is 5.82 Å². The average Bonchev–Trinajstić information content (AvgIpc) is 3.35. The largest absolute Gasteiger partial charge is 0.261 e. The van der Waals surface area contributed by atoms with Crippen LogP contribution in [0.5, 0.6) is 0 Å². The van der Waals surface area contributed by atoms with E-state index in [0.29, 0.717) is 0 Å². The van der Waals surface area contributed by atoms with Gasteiger partial charge < -0.3 is 0 Å². The summed E-state index contributed by atoms with van der Waals surface area (Å²) in [5.74, 6) is 1.50. The summed E-state index contributed by atoms with van der Waals surface area (Å²) >= 11 is 0. The normalized spacial score (nSPS) is 11.4. The molecule has 0 spiro atoms. The first kappa shape index (κ1) is 32.6. The Kier molecular flexibility index (Phi) is 20.0. The van der Waals surface area contributed by atoms with Crippen molar-refractivity contribution in [3.8, 4) is 5.69 Å². The molecule has 0 fully saturated rings. The third-order valence-corrected chi connectivity index (χ3v) is 8.30. The van der Waals surface area contributed by atoms with Crippen molar-refractivity contribution in [1.82, 2.24) is 4.57 Å². The number of hydrogen-bond donors (Lipinski definition) is 0. The van der Waals surface area contributed by atoms with Gasteiger partial charge in [-0.1, -0.05) is 160 Å². The van der Waals surface area contributed by atoms with Gasteiger partial charge in [0.05, 0.1) is 6.54 Å². The van der Waals surface area contributed by atoms with Gasteiger partial charge in [0, 0.05) is 6.42 Å². The quantitative estimate of drug-likeness (QED) is 0.0856. The van der Waals surface area contributed by atoms with E-state index in [9.17, 15) is 0 Å². The second kappa shape index (κ2) is 23.3. The maximum absolute atomic E-state index is 2.55. The number of rotatable bonds is 26. The number of imidazole rings is 1. The lowest BCUT2D eigenvalue weighted by atomic mass is 10.0. The first-order chi connectivity index (χ1) is 18.9. The molecule has 0 saturated heterocycles. The monoisotopic (exact) mass is 523 g/mol. The lowest BCUT2D eigenvalue weighted by molar-refractivity contribution is -0.704. The predicted octanol–water partition coefficient (Wildman–Crippen LogP) is 11.3. The van der Waals surface area contributed by atoms with Crippen molar-refractivity contribution in [2.75, 3.05) is 0 Å². The van der Waals surface area contributed by atoms with Gasteiger partial charge in [0.15, 0.2) is 0 Å². The molecule has 0 amide bonds. The predicted molar refractivity (Wildman–Crippen MR) is 167 cm³/mol. The fourth-order valence-corrected chi connectivity index (χ4v) is 5.82. The Morgan fingerprint density at radius 2 is 0.921 bits per heavy atom. The van der Waals surface area contributed by atoms with Crippen LogP contribution in [0.15, 0.2) is 42.7 Å². The summed E-state index contributed by atoms with van der Waals surface area (Å²) in [5.41, 5.74) is 1.30. The zero-order chi connectivity index (χ0) is 26.9. The summed E-state index contributed by atoms with van der Waals surface area (Å²) in [6.45, 7) is 5.78. The molecule has 0 bridgehead atoms. The van der Waals surface area contributed by atoms with Crippen molar-refractivity contribution in [3.63, 3.8) is 0 Å². The van der Waals surface area contributed by atoms with Gasteiger partial charge in [-0.2, -0.15) is 4.57 Å². The van der Waals surface area contributed by atoms with Crippen LogP contribution in [0, 0.1) is 0 Å². The van der Waals surface area contributed by atoms with E-state index in [2.05, 4.69) is 65.7 Å². The molecule has 0 aliphatic carbocycles. The Morgan fingerprint density at radius 3 is 1.39 bits per heavy atom. The zero-order valence-corrected chi connectivity index (χ0v) is 25.6. The summed E-state index contributed by atoms with van der Waals surface area (Å²) in [6.07, 6.45) is 38.3. The lowest BCUT2D eigenvalue weighted by Crippen LogP contribution is -2.37. The third kappa shape index (κ3) is 15.1. The summed E-state index contributed by atoms with van der Waals surface area (Å²) < 4.78 is 5.00. The van der Waals surface area contributed by atoms with Crippen LogP contribution in [0.2, 0.25) is 0 Å². The lowest BCUT2D eigenvalue weighted by Gasteiger charge is -2.07. The molecule has 2 aromatic rings. The summed E-state index contributed by atoms with van der Waals surface area (Å²) in [6, 6.07) is 10.9. The molecule has 216 valence electrons. The van der Waals surface area contributed by atoms with E-state index in [1.54, 1.807) is 0 Å². The number of benzene rings is 1. The highest BCUT2D eigenvalue weighted by Crippen LogP contribution is 2.16. The second-order valence-corrected chi connectivity index (χ2v) is 11.8. The fraction of sp³-hybridized carbons (Fsp3) is 0.750. The van der Waals surface area contributed by atoms with Crippen molar-refractivity contribution in [2.24, 2.45) is 0 Å². The van der Waals surface area contributed by atoms with Crippen LogP contribution in [0.25, 0.3) is 5.69 Å². The van der Waals surface area contributed by atoms with Gasteiger partial charge in [-0.05, 0) is 31.4 Å². The number of unbranched alkanes of at least 4 members (excludes halogenated alkanes) is 21. The number of nitrogens with zero attached hydrogens (tertiary/aromatic N) is 2. The van der Waals surface area contributed by atoms with Crippen LogP contribution in [0.4, 0.5) is 0 Å². The molecule has 2 rings (SSSR count). The summed E-state index contributed by atoms with van der Waals surface area (Å²) in [5, 5.41) is 0. The Balaban J connectivity index is 1.65. The van der Waals surface area contributed by atoms with E-state index in [4.69, 9.17) is 0 Å². The molecule has 0 radical (unpaired) electrons. The van der Waals surface area contributed by atoms with Crippen molar-refractivity contribution in [2.45, 2.75) is 174 Å². The number of hydrogen-bond acceptors (Lipinski definition) is 0. The van der Waals surface area contributed by atoms with Gasteiger partial charge >= 0.3 is 0 Å². The number of aryl methyl sites for hydroxylation is 1. The highest BCUT2D eigenvalue weighted by Gasteiger charge is 2.18. The Hall–Kier alpha value is -1.57. The van der Waals surface area contributed by atoms with Gasteiger partial charge in [0.1, 0.15) is 18.1 Å². The maximum Gasteiger partial charge on any atom is 0.261 e. The topological polar surface area (TPSA) is 8.81 Å². The van der Waals surface area contributed by atoms with Gasteiger partial charge in [-0.25, -0.2) is 4.57 Å². The molecular weight excluding hydrogens is 460 g/mol. The highest BCUT2D eigenvalue weighted by atomic mass is 15.1. The maximum atomic E-state index is 2.55. The van der Waals surface area contributed by atoms with Crippen LogP contribution < -0.4 is 4.57 Å². The molecule has 0 saturated carbocycles. The van der Waals surface area contributed by atoms with E-state index in [1.807, 2.05) is 0 Å². The van der Waals surface area contributed by atoms with Crippen LogP contribution in [-0.4, -0.2) is 4.57 Å². The van der Waals surface area contributed by atoms with E-state index >= 15 is 0 Å². The smallest absolute Gasteiger partial charge is 0.234 e. The highest BCUT2D eigenvalue weighted by molar-refractivity contribution is 5.31. The minimum atomic E-state index is 1.17. The van der Waals surface area contributed by atoms with Crippen LogP contribution >= 0.6 is 0 Å². The molecule has 1 heterocycles. The van der Waals surface area contributed by atoms with Crippen molar-refractivity contribution in [3.05, 3.63) is 48.5 Å². The second-order valence-electron chi connectivity index (χ2n) is 11.8. The molecule has 1 aromatic carbocycles. The minimum absolute atomic E-state index is 1.17. The van der Waals surface area contributed by atoms with E-state index in [0.717, 1.165) is 0 Å². The summed E-state index contributed by atoms with van der Waals surface area (Å²) in [4.78, 5) is 0. The number of aromatic nitrogens is 2. The Labute approximate surface area is 237 Å². The van der Waals surface area contributed by atoms with Gasteiger partial charge in [-0.3, -0.25) is 0 Å². The van der Waals surface area contributed by atoms with Crippen LogP contribution in [0.1, 0.15) is 167 Å². The molecule has 0 unspecified atom stereocenters. The average molecular weight is 524 g/mol. The van der Waals surface area contributed by atoms with Crippen LogP contribution in [0.3, 0.4) is 0 Å². The van der Waals surface area contributed by atoms with E-state index in [-0.39, 0.29) is 0 Å². The molecule has 2 heteroatoms. The molecule has 1 aromatic heterocycles. The Morgan fingerprint density at radius 1 is 0.500 bits per heavy atom. The molecule has 0 atom stereocenters. The fourth-order valence-electron chi connectivity index (χ4n) is 5.82. The number of para-hydroxylation sites is 1. The van der Waals surface area contributed by atoms with Gasteiger partial charge in [-0.15, -0.1) is 0 Å². The third-order valence-electron chi connectivity index (χ3n) is 8.30. The SMILES string of the molecule is CCCCCCCCCCCCCCc1n(-c2ccccc2)cc[n+]1CCCCCCCCCCCCC. The molecule has 0 aliphatic rings. The minimum Gasteiger partial charge on any atom is -0.234 e. The molecule has 0 aliphatic heterocycles. The van der Waals surface area contributed by atoms with E-state index < -0.39 is 0 Å². The van der Waals surface area contributed by atoms with Crippen molar-refractivity contribution >= 4 is 0 Å². The zero-order valence-electron chi connectivity index (χ0n) is 25.6. The molecule has 0 N–H and O–H groups in total. The van der Waals surface area contributed by atoms with Gasteiger partial charge in [0.2, 0.25) is 0 Å². The Bertz CT molecular complexity index is 763. The van der Waals surface area contributed by atoms with Crippen LogP contribution in [-0.2, 0) is 13.0 Å². The molecule has 2 nitrogen and oxygen atoms in total.